The van der Waals surface area contributed by atoms with E-state index in [-0.39, 0.29) is 17.1 Å². The van der Waals surface area contributed by atoms with Crippen molar-refractivity contribution in [3.05, 3.63) is 65.4 Å². The number of hydrogen-bond acceptors (Lipinski definition) is 3. The van der Waals surface area contributed by atoms with Crippen molar-refractivity contribution >= 4 is 11.9 Å². The first-order valence-corrected chi connectivity index (χ1v) is 5.45. The number of carbonyl (C=O) groups excluding carboxylic acids is 1. The molecule has 0 saturated carbocycles. The molecule has 0 fully saturated rings. The van der Waals surface area contributed by atoms with Crippen molar-refractivity contribution in [1.29, 1.82) is 5.26 Å². The van der Waals surface area contributed by atoms with Crippen LogP contribution in [0.25, 0.3) is 6.08 Å². The van der Waals surface area contributed by atoms with Gasteiger partial charge < -0.3 is 5.73 Å². The fourth-order valence-electron chi connectivity index (χ4n) is 1.29. The smallest absolute Gasteiger partial charge is 0.198 e. The molecule has 1 rings (SSSR count). The van der Waals surface area contributed by atoms with Crippen LogP contribution in [0, 0.1) is 11.3 Å². The van der Waals surface area contributed by atoms with Gasteiger partial charge in [0.1, 0.15) is 11.6 Å². The molecule has 3 nitrogen and oxygen atoms in total. The van der Waals surface area contributed by atoms with Crippen LogP contribution in [-0.2, 0) is 4.79 Å². The summed E-state index contributed by atoms with van der Waals surface area (Å²) >= 11 is 0. The SMILES string of the molecule is C/C(N)=C(\C#N)C(=O)/C=C/C=C/c1ccccc1. The molecule has 0 aliphatic carbocycles. The highest BCUT2D eigenvalue weighted by molar-refractivity contribution is 6.07. The van der Waals surface area contributed by atoms with Crippen molar-refractivity contribution in [2.24, 2.45) is 5.73 Å². The second kappa shape index (κ2) is 6.87. The zero-order valence-electron chi connectivity index (χ0n) is 10.1. The van der Waals surface area contributed by atoms with Gasteiger partial charge in [0.15, 0.2) is 5.78 Å². The van der Waals surface area contributed by atoms with Crippen molar-refractivity contribution < 1.29 is 4.79 Å². The average Bonchev–Trinajstić information content (AvgIpc) is 2.36. The number of allylic oxidation sites excluding steroid dienone is 5. The molecule has 0 amide bonds. The summed E-state index contributed by atoms with van der Waals surface area (Å²) in [6.07, 6.45) is 6.53. The van der Waals surface area contributed by atoms with Crippen molar-refractivity contribution in [2.75, 3.05) is 0 Å². The van der Waals surface area contributed by atoms with Crippen LogP contribution in [0.15, 0.2) is 59.8 Å². The van der Waals surface area contributed by atoms with Gasteiger partial charge in [0.05, 0.1) is 0 Å². The molecule has 0 aromatic heterocycles. The number of nitriles is 1. The molecule has 18 heavy (non-hydrogen) atoms. The van der Waals surface area contributed by atoms with Crippen molar-refractivity contribution in [3.63, 3.8) is 0 Å². The molecule has 0 atom stereocenters. The molecule has 0 aliphatic rings. The Hall–Kier alpha value is -2.60. The summed E-state index contributed by atoms with van der Waals surface area (Å²) in [4.78, 5) is 11.5. The van der Waals surface area contributed by atoms with Gasteiger partial charge in [-0.25, -0.2) is 0 Å². The minimum absolute atomic E-state index is 0.0145. The summed E-state index contributed by atoms with van der Waals surface area (Å²) in [6, 6.07) is 11.5. The van der Waals surface area contributed by atoms with E-state index in [9.17, 15) is 4.79 Å². The molecule has 2 N–H and O–H groups in total. The van der Waals surface area contributed by atoms with E-state index in [0.29, 0.717) is 0 Å². The molecule has 0 radical (unpaired) electrons. The minimum Gasteiger partial charge on any atom is -0.401 e. The lowest BCUT2D eigenvalue weighted by atomic mass is 10.1. The minimum atomic E-state index is -0.379. The zero-order chi connectivity index (χ0) is 13.4. The Kier molecular flexibility index (Phi) is 5.14. The van der Waals surface area contributed by atoms with E-state index >= 15 is 0 Å². The molecule has 1 aromatic carbocycles. The van der Waals surface area contributed by atoms with Gasteiger partial charge in [-0.3, -0.25) is 4.79 Å². The monoisotopic (exact) mass is 238 g/mol. The molecule has 0 saturated heterocycles. The third kappa shape index (κ3) is 4.11. The van der Waals surface area contributed by atoms with E-state index in [2.05, 4.69) is 0 Å². The third-order valence-electron chi connectivity index (χ3n) is 2.20. The highest BCUT2D eigenvalue weighted by Crippen LogP contribution is 2.02. The highest BCUT2D eigenvalue weighted by Gasteiger charge is 2.06. The zero-order valence-corrected chi connectivity index (χ0v) is 10.1. The normalized spacial score (nSPS) is 12.4. The number of benzene rings is 1. The first-order valence-electron chi connectivity index (χ1n) is 5.45. The summed E-state index contributed by atoms with van der Waals surface area (Å²) < 4.78 is 0. The Morgan fingerprint density at radius 3 is 2.50 bits per heavy atom. The van der Waals surface area contributed by atoms with Crippen molar-refractivity contribution in [3.8, 4) is 6.07 Å². The molecule has 0 heterocycles. The van der Waals surface area contributed by atoms with Crippen molar-refractivity contribution in [2.45, 2.75) is 6.92 Å². The predicted molar refractivity (Wildman–Crippen MR) is 72.1 cm³/mol. The van der Waals surface area contributed by atoms with E-state index in [1.165, 1.54) is 13.0 Å². The van der Waals surface area contributed by atoms with E-state index < -0.39 is 0 Å². The van der Waals surface area contributed by atoms with Crippen LogP contribution < -0.4 is 5.73 Å². The van der Waals surface area contributed by atoms with Gasteiger partial charge in [-0.2, -0.15) is 5.26 Å². The molecule has 0 bridgehead atoms. The van der Waals surface area contributed by atoms with Crippen molar-refractivity contribution in [1.82, 2.24) is 0 Å². The molecule has 0 aliphatic heterocycles. The second-order valence-electron chi connectivity index (χ2n) is 3.66. The molecule has 0 spiro atoms. The lowest BCUT2D eigenvalue weighted by molar-refractivity contribution is -0.111. The number of nitrogens with zero attached hydrogens (tertiary/aromatic N) is 1. The molecular formula is C15H14N2O. The maximum absolute atomic E-state index is 11.5. The van der Waals surface area contributed by atoms with Crippen LogP contribution >= 0.6 is 0 Å². The summed E-state index contributed by atoms with van der Waals surface area (Å²) in [7, 11) is 0. The second-order valence-corrected chi connectivity index (χ2v) is 3.66. The maximum atomic E-state index is 11.5. The highest BCUT2D eigenvalue weighted by atomic mass is 16.1. The van der Waals surface area contributed by atoms with Crippen LogP contribution in [0.4, 0.5) is 0 Å². The Morgan fingerprint density at radius 1 is 1.28 bits per heavy atom. The average molecular weight is 238 g/mol. The molecule has 1 aromatic rings. The van der Waals surface area contributed by atoms with Crippen LogP contribution in [0.1, 0.15) is 12.5 Å². The third-order valence-corrected chi connectivity index (χ3v) is 2.20. The van der Waals surface area contributed by atoms with Crippen LogP contribution in [-0.4, -0.2) is 5.78 Å². The molecular weight excluding hydrogens is 224 g/mol. The fraction of sp³-hybridized carbons (Fsp3) is 0.0667. The largest absolute Gasteiger partial charge is 0.401 e. The summed E-state index contributed by atoms with van der Waals surface area (Å²) in [5.74, 6) is -0.379. The standard InChI is InChI=1S/C15H14N2O/c1-12(17)14(11-16)15(18)10-6-5-9-13-7-3-2-4-8-13/h2-10H,17H2,1H3/b9-5+,10-6+,14-12-. The van der Waals surface area contributed by atoms with Gasteiger partial charge in [-0.1, -0.05) is 48.6 Å². The fourth-order valence-corrected chi connectivity index (χ4v) is 1.29. The van der Waals surface area contributed by atoms with Gasteiger partial charge in [0.25, 0.3) is 0 Å². The molecule has 90 valence electrons. The Balaban J connectivity index is 2.68. The molecule has 3 heteroatoms. The number of rotatable bonds is 4. The first kappa shape index (κ1) is 13.5. The quantitative estimate of drug-likeness (QED) is 0.498. The Morgan fingerprint density at radius 2 is 1.94 bits per heavy atom. The van der Waals surface area contributed by atoms with Crippen LogP contribution in [0.2, 0.25) is 0 Å². The number of nitrogens with two attached hydrogens (primary N) is 1. The predicted octanol–water partition coefficient (Wildman–Crippen LogP) is 2.58. The van der Waals surface area contributed by atoms with E-state index in [0.717, 1.165) is 5.56 Å². The van der Waals surface area contributed by atoms with E-state index in [1.807, 2.05) is 36.4 Å². The lowest BCUT2D eigenvalue weighted by Gasteiger charge is -1.93. The van der Waals surface area contributed by atoms with Crippen LogP contribution in [0.5, 0.6) is 0 Å². The maximum Gasteiger partial charge on any atom is 0.198 e. The topological polar surface area (TPSA) is 66.9 Å². The number of ketones is 1. The van der Waals surface area contributed by atoms with Gasteiger partial charge in [0, 0.05) is 5.70 Å². The Bertz CT molecular complexity index is 542. The van der Waals surface area contributed by atoms with Gasteiger partial charge >= 0.3 is 0 Å². The lowest BCUT2D eigenvalue weighted by Crippen LogP contribution is -2.04. The number of carbonyl (C=O) groups is 1. The summed E-state index contributed by atoms with van der Waals surface area (Å²) in [5, 5.41) is 8.74. The number of hydrogen-bond donors (Lipinski definition) is 1. The summed E-state index contributed by atoms with van der Waals surface area (Å²) in [5.41, 5.74) is 6.69. The molecule has 0 unspecified atom stereocenters. The van der Waals surface area contributed by atoms with Gasteiger partial charge in [-0.15, -0.1) is 0 Å². The van der Waals surface area contributed by atoms with Gasteiger partial charge in [0.2, 0.25) is 0 Å². The van der Waals surface area contributed by atoms with E-state index in [1.54, 1.807) is 18.2 Å². The van der Waals surface area contributed by atoms with E-state index in [4.69, 9.17) is 11.0 Å². The Labute approximate surface area is 107 Å². The van der Waals surface area contributed by atoms with Crippen LogP contribution in [0.3, 0.4) is 0 Å². The summed E-state index contributed by atoms with van der Waals surface area (Å²) in [6.45, 7) is 1.53. The van der Waals surface area contributed by atoms with Gasteiger partial charge in [-0.05, 0) is 18.6 Å². The first-order chi connectivity index (χ1) is 8.65.